The molecule has 0 aromatic carbocycles. The summed E-state index contributed by atoms with van der Waals surface area (Å²) >= 11 is 0. The first-order valence-corrected chi connectivity index (χ1v) is 7.60. The van der Waals surface area contributed by atoms with Crippen molar-refractivity contribution in [1.82, 2.24) is 10.2 Å². The van der Waals surface area contributed by atoms with Crippen LogP contribution in [0.5, 0.6) is 0 Å². The Morgan fingerprint density at radius 3 is 2.61 bits per heavy atom. The van der Waals surface area contributed by atoms with E-state index < -0.39 is 0 Å². The number of rotatable bonds is 3. The molecule has 18 heavy (non-hydrogen) atoms. The van der Waals surface area contributed by atoms with Crippen LogP contribution in [0.15, 0.2) is 0 Å². The molecule has 2 aliphatic carbocycles. The van der Waals surface area contributed by atoms with Crippen LogP contribution < -0.4 is 5.32 Å². The summed E-state index contributed by atoms with van der Waals surface area (Å²) in [5, 5.41) is 3.60. The smallest absolute Gasteiger partial charge is 0.244 e. The van der Waals surface area contributed by atoms with Crippen molar-refractivity contribution in [3.8, 4) is 0 Å². The van der Waals surface area contributed by atoms with E-state index in [0.717, 1.165) is 31.2 Å². The predicted molar refractivity (Wildman–Crippen MR) is 71.9 cm³/mol. The Morgan fingerprint density at radius 1 is 1.39 bits per heavy atom. The van der Waals surface area contributed by atoms with Crippen molar-refractivity contribution >= 4 is 5.91 Å². The monoisotopic (exact) mass is 250 g/mol. The number of nitrogens with zero attached hydrogens (tertiary/aromatic N) is 1. The molecule has 3 nitrogen and oxygen atoms in total. The first kappa shape index (κ1) is 12.5. The topological polar surface area (TPSA) is 32.3 Å². The Labute approximate surface area is 110 Å². The summed E-state index contributed by atoms with van der Waals surface area (Å²) in [6.07, 6.45) is 6.33. The molecule has 1 aliphatic heterocycles. The van der Waals surface area contributed by atoms with Crippen LogP contribution in [0.25, 0.3) is 0 Å². The Balaban J connectivity index is 1.70. The van der Waals surface area contributed by atoms with Crippen LogP contribution in [-0.4, -0.2) is 29.1 Å². The van der Waals surface area contributed by atoms with E-state index >= 15 is 0 Å². The SMILES string of the molecule is CC1CCC(CN2C(=O)C3(CC3)NC2C(C)C)C1. The maximum absolute atomic E-state index is 12.5. The zero-order valence-electron chi connectivity index (χ0n) is 11.9. The molecule has 0 aromatic heterocycles. The Bertz CT molecular complexity index is 348. The van der Waals surface area contributed by atoms with Gasteiger partial charge in [-0.1, -0.05) is 27.2 Å². The molecular weight excluding hydrogens is 224 g/mol. The summed E-state index contributed by atoms with van der Waals surface area (Å²) in [6, 6.07) is 0. The van der Waals surface area contributed by atoms with Crippen LogP contribution in [0.1, 0.15) is 52.9 Å². The molecule has 3 aliphatic rings. The van der Waals surface area contributed by atoms with Crippen molar-refractivity contribution in [3.63, 3.8) is 0 Å². The van der Waals surface area contributed by atoms with Gasteiger partial charge < -0.3 is 4.90 Å². The van der Waals surface area contributed by atoms with Crippen molar-refractivity contribution in [3.05, 3.63) is 0 Å². The number of nitrogens with one attached hydrogen (secondary N) is 1. The van der Waals surface area contributed by atoms with Crippen molar-refractivity contribution in [1.29, 1.82) is 0 Å². The molecule has 3 rings (SSSR count). The van der Waals surface area contributed by atoms with E-state index in [2.05, 4.69) is 31.0 Å². The number of hydrogen-bond donors (Lipinski definition) is 1. The van der Waals surface area contributed by atoms with Crippen molar-refractivity contribution < 1.29 is 4.79 Å². The number of hydrogen-bond acceptors (Lipinski definition) is 2. The van der Waals surface area contributed by atoms with Gasteiger partial charge in [-0.2, -0.15) is 0 Å². The highest BCUT2D eigenvalue weighted by molar-refractivity contribution is 5.91. The van der Waals surface area contributed by atoms with E-state index in [1.165, 1.54) is 19.3 Å². The van der Waals surface area contributed by atoms with Crippen LogP contribution in [-0.2, 0) is 4.79 Å². The van der Waals surface area contributed by atoms with Gasteiger partial charge in [0.15, 0.2) is 0 Å². The summed E-state index contributed by atoms with van der Waals surface area (Å²) in [4.78, 5) is 14.7. The molecule has 0 radical (unpaired) electrons. The van der Waals surface area contributed by atoms with Crippen molar-refractivity contribution in [2.75, 3.05) is 6.54 Å². The average molecular weight is 250 g/mol. The molecule has 3 heteroatoms. The lowest BCUT2D eigenvalue weighted by Gasteiger charge is -2.29. The van der Waals surface area contributed by atoms with Crippen LogP contribution in [0, 0.1) is 17.8 Å². The van der Waals surface area contributed by atoms with Crippen molar-refractivity contribution in [2.45, 2.75) is 64.6 Å². The summed E-state index contributed by atoms with van der Waals surface area (Å²) in [6.45, 7) is 7.76. The van der Waals surface area contributed by atoms with Gasteiger partial charge in [-0.05, 0) is 43.4 Å². The van der Waals surface area contributed by atoms with E-state index in [9.17, 15) is 4.79 Å². The molecule has 0 bridgehead atoms. The summed E-state index contributed by atoms with van der Waals surface area (Å²) in [7, 11) is 0. The van der Waals surface area contributed by atoms with E-state index in [0.29, 0.717) is 11.8 Å². The van der Waals surface area contributed by atoms with E-state index in [-0.39, 0.29) is 11.7 Å². The third kappa shape index (κ3) is 1.97. The first-order chi connectivity index (χ1) is 8.52. The third-order valence-corrected chi connectivity index (χ3v) is 5.07. The van der Waals surface area contributed by atoms with E-state index in [4.69, 9.17) is 0 Å². The fourth-order valence-corrected chi connectivity index (χ4v) is 3.80. The first-order valence-electron chi connectivity index (χ1n) is 7.60. The van der Waals surface area contributed by atoms with Gasteiger partial charge in [0.05, 0.1) is 11.7 Å². The molecule has 1 heterocycles. The van der Waals surface area contributed by atoms with Gasteiger partial charge in [0.2, 0.25) is 5.91 Å². The number of carbonyl (C=O) groups is 1. The van der Waals surface area contributed by atoms with Crippen LogP contribution in [0.3, 0.4) is 0 Å². The molecule has 3 atom stereocenters. The maximum atomic E-state index is 12.5. The molecule has 102 valence electrons. The molecule has 1 amide bonds. The largest absolute Gasteiger partial charge is 0.325 e. The van der Waals surface area contributed by atoms with Gasteiger partial charge >= 0.3 is 0 Å². The molecule has 1 N–H and O–H groups in total. The third-order valence-electron chi connectivity index (χ3n) is 5.07. The lowest BCUT2D eigenvalue weighted by Crippen LogP contribution is -2.43. The molecule has 0 aromatic rings. The molecule has 3 fully saturated rings. The lowest BCUT2D eigenvalue weighted by atomic mass is 10.0. The highest BCUT2D eigenvalue weighted by Crippen LogP contribution is 2.44. The van der Waals surface area contributed by atoms with Gasteiger partial charge in [0, 0.05) is 6.54 Å². The predicted octanol–water partition coefficient (Wildman–Crippen LogP) is 2.37. The summed E-state index contributed by atoms with van der Waals surface area (Å²) < 4.78 is 0. The van der Waals surface area contributed by atoms with Crippen LogP contribution >= 0.6 is 0 Å². The fraction of sp³-hybridized carbons (Fsp3) is 0.933. The fourth-order valence-electron chi connectivity index (χ4n) is 3.80. The van der Waals surface area contributed by atoms with Gasteiger partial charge in [-0.25, -0.2) is 0 Å². The average Bonchev–Trinajstić information content (AvgIpc) is 2.91. The molecular formula is C15H26N2O. The maximum Gasteiger partial charge on any atom is 0.244 e. The lowest BCUT2D eigenvalue weighted by molar-refractivity contribution is -0.131. The standard InChI is InChI=1S/C15H26N2O/c1-10(2)13-16-15(6-7-15)14(18)17(13)9-12-5-4-11(3)8-12/h10-13,16H,4-9H2,1-3H3. The molecule has 1 saturated heterocycles. The highest BCUT2D eigenvalue weighted by atomic mass is 16.2. The quantitative estimate of drug-likeness (QED) is 0.834. The van der Waals surface area contributed by atoms with E-state index in [1.807, 2.05) is 0 Å². The number of carbonyl (C=O) groups excluding carboxylic acids is 1. The molecule has 2 saturated carbocycles. The Morgan fingerprint density at radius 2 is 2.11 bits per heavy atom. The zero-order valence-corrected chi connectivity index (χ0v) is 11.9. The second kappa shape index (κ2) is 4.22. The van der Waals surface area contributed by atoms with Gasteiger partial charge in [-0.15, -0.1) is 0 Å². The highest BCUT2D eigenvalue weighted by Gasteiger charge is 2.59. The Hall–Kier alpha value is -0.570. The van der Waals surface area contributed by atoms with Gasteiger partial charge in [0.25, 0.3) is 0 Å². The second-order valence-electron chi connectivity index (χ2n) is 7.16. The second-order valence-corrected chi connectivity index (χ2v) is 7.16. The summed E-state index contributed by atoms with van der Waals surface area (Å²) in [5.41, 5.74) is -0.140. The zero-order chi connectivity index (χ0) is 12.9. The minimum Gasteiger partial charge on any atom is -0.325 e. The minimum atomic E-state index is -0.140. The van der Waals surface area contributed by atoms with Crippen LogP contribution in [0.2, 0.25) is 0 Å². The van der Waals surface area contributed by atoms with E-state index in [1.54, 1.807) is 0 Å². The van der Waals surface area contributed by atoms with Crippen molar-refractivity contribution in [2.24, 2.45) is 17.8 Å². The van der Waals surface area contributed by atoms with Gasteiger partial charge in [0.1, 0.15) is 0 Å². The normalized spacial score (nSPS) is 38.1. The summed E-state index contributed by atoms with van der Waals surface area (Å²) in [5.74, 6) is 2.49. The number of amides is 1. The van der Waals surface area contributed by atoms with Crippen LogP contribution in [0.4, 0.5) is 0 Å². The minimum absolute atomic E-state index is 0.140. The van der Waals surface area contributed by atoms with Gasteiger partial charge in [-0.3, -0.25) is 10.1 Å². The Kier molecular flexibility index (Phi) is 2.92. The molecule has 3 unspecified atom stereocenters. The molecule has 1 spiro atoms.